The second kappa shape index (κ2) is 7.10. The second-order valence-corrected chi connectivity index (χ2v) is 6.40. The first kappa shape index (κ1) is 15.4. The molecule has 0 fully saturated rings. The van der Waals surface area contributed by atoms with Gasteiger partial charge in [0, 0.05) is 24.5 Å². The van der Waals surface area contributed by atoms with Crippen molar-refractivity contribution in [2.24, 2.45) is 0 Å². The third kappa shape index (κ3) is 3.95. The van der Waals surface area contributed by atoms with Crippen LogP contribution in [0.15, 0.2) is 0 Å². The van der Waals surface area contributed by atoms with E-state index in [9.17, 15) is 0 Å². The van der Waals surface area contributed by atoms with E-state index < -0.39 is 0 Å². The zero-order valence-electron chi connectivity index (χ0n) is 12.6. The molecule has 0 atom stereocenters. The van der Waals surface area contributed by atoms with Crippen LogP contribution in [0.3, 0.4) is 0 Å². The van der Waals surface area contributed by atoms with Crippen LogP contribution in [-0.4, -0.2) is 24.6 Å². The first-order chi connectivity index (χ1) is 8.47. The average molecular weight is 269 g/mol. The third-order valence-electron chi connectivity index (χ3n) is 3.05. The third-order valence-corrected chi connectivity index (χ3v) is 4.21. The Bertz CT molecular complexity index is 358. The van der Waals surface area contributed by atoms with Gasteiger partial charge < -0.3 is 10.2 Å². The lowest BCUT2D eigenvalue weighted by atomic mass is 10.1. The van der Waals surface area contributed by atoms with Gasteiger partial charge in [-0.25, -0.2) is 4.98 Å². The molecular formula is C14H27N3S. The normalized spacial score (nSPS) is 11.6. The lowest BCUT2D eigenvalue weighted by molar-refractivity contribution is 0.670. The topological polar surface area (TPSA) is 28.2 Å². The molecule has 1 heterocycles. The molecule has 4 heteroatoms. The molecule has 0 radical (unpaired) electrons. The fourth-order valence-corrected chi connectivity index (χ4v) is 2.96. The molecule has 1 aromatic rings. The van der Waals surface area contributed by atoms with Gasteiger partial charge in [0.2, 0.25) is 0 Å². The van der Waals surface area contributed by atoms with Crippen molar-refractivity contribution in [3.8, 4) is 0 Å². The SMILES string of the molecule is CCCNCc1sc(N(C)C(C)C)nc1C(C)C. The molecule has 3 nitrogen and oxygen atoms in total. The van der Waals surface area contributed by atoms with E-state index in [2.05, 4.69) is 51.9 Å². The van der Waals surface area contributed by atoms with Gasteiger partial charge in [-0.15, -0.1) is 11.3 Å². The first-order valence-corrected chi connectivity index (χ1v) is 7.72. The van der Waals surface area contributed by atoms with Gasteiger partial charge in [0.15, 0.2) is 5.13 Å². The van der Waals surface area contributed by atoms with Crippen molar-refractivity contribution in [3.63, 3.8) is 0 Å². The Labute approximate surface area is 116 Å². The lowest BCUT2D eigenvalue weighted by Gasteiger charge is -2.19. The van der Waals surface area contributed by atoms with Crippen molar-refractivity contribution >= 4 is 16.5 Å². The summed E-state index contributed by atoms with van der Waals surface area (Å²) in [6.07, 6.45) is 1.18. The van der Waals surface area contributed by atoms with E-state index in [1.165, 1.54) is 17.0 Å². The molecule has 1 rings (SSSR count). The van der Waals surface area contributed by atoms with Gasteiger partial charge in [0.1, 0.15) is 0 Å². The number of nitrogens with one attached hydrogen (secondary N) is 1. The number of hydrogen-bond acceptors (Lipinski definition) is 4. The summed E-state index contributed by atoms with van der Waals surface area (Å²) >= 11 is 1.83. The van der Waals surface area contributed by atoms with Gasteiger partial charge in [0.05, 0.1) is 5.69 Å². The first-order valence-electron chi connectivity index (χ1n) is 6.90. The van der Waals surface area contributed by atoms with Crippen LogP contribution in [-0.2, 0) is 6.54 Å². The Morgan fingerprint density at radius 3 is 2.44 bits per heavy atom. The molecule has 0 spiro atoms. The zero-order chi connectivity index (χ0) is 13.7. The van der Waals surface area contributed by atoms with Crippen LogP contribution in [0, 0.1) is 0 Å². The number of nitrogens with zero attached hydrogens (tertiary/aromatic N) is 2. The van der Waals surface area contributed by atoms with Crippen molar-refractivity contribution in [1.82, 2.24) is 10.3 Å². The molecule has 104 valence electrons. The van der Waals surface area contributed by atoms with Gasteiger partial charge >= 0.3 is 0 Å². The average Bonchev–Trinajstić information content (AvgIpc) is 2.72. The monoisotopic (exact) mass is 269 g/mol. The molecule has 0 aliphatic heterocycles. The standard InChI is InChI=1S/C14H27N3S/c1-7-8-15-9-12-13(10(2)3)16-14(18-12)17(6)11(4)5/h10-11,15H,7-9H2,1-6H3. The summed E-state index contributed by atoms with van der Waals surface area (Å²) in [6.45, 7) is 13.1. The Morgan fingerprint density at radius 2 is 1.94 bits per heavy atom. The molecule has 0 aliphatic carbocycles. The minimum atomic E-state index is 0.493. The molecule has 0 amide bonds. The van der Waals surface area contributed by atoms with Gasteiger partial charge in [-0.2, -0.15) is 0 Å². The van der Waals surface area contributed by atoms with Crippen molar-refractivity contribution in [2.75, 3.05) is 18.5 Å². The number of thiazole rings is 1. The van der Waals surface area contributed by atoms with Gasteiger partial charge in [-0.1, -0.05) is 20.8 Å². The van der Waals surface area contributed by atoms with Gasteiger partial charge in [-0.05, 0) is 32.7 Å². The quantitative estimate of drug-likeness (QED) is 0.766. The molecule has 0 saturated heterocycles. The maximum atomic E-state index is 4.81. The molecule has 0 unspecified atom stereocenters. The highest BCUT2D eigenvalue weighted by atomic mass is 32.1. The zero-order valence-corrected chi connectivity index (χ0v) is 13.4. The summed E-state index contributed by atoms with van der Waals surface area (Å²) < 4.78 is 0. The highest BCUT2D eigenvalue weighted by Gasteiger charge is 2.17. The molecule has 1 aromatic heterocycles. The summed E-state index contributed by atoms with van der Waals surface area (Å²) in [4.78, 5) is 8.45. The largest absolute Gasteiger partial charge is 0.349 e. The minimum Gasteiger partial charge on any atom is -0.349 e. The van der Waals surface area contributed by atoms with Crippen molar-refractivity contribution < 1.29 is 0 Å². The van der Waals surface area contributed by atoms with E-state index in [-0.39, 0.29) is 0 Å². The van der Waals surface area contributed by atoms with Crippen LogP contribution in [0.2, 0.25) is 0 Å². The van der Waals surface area contributed by atoms with Crippen LogP contribution in [0.5, 0.6) is 0 Å². The molecule has 18 heavy (non-hydrogen) atoms. The predicted octanol–water partition coefficient (Wildman–Crippen LogP) is 3.61. The lowest BCUT2D eigenvalue weighted by Crippen LogP contribution is -2.25. The molecular weight excluding hydrogens is 242 g/mol. The molecule has 0 bridgehead atoms. The van der Waals surface area contributed by atoms with Crippen LogP contribution < -0.4 is 10.2 Å². The van der Waals surface area contributed by atoms with Crippen LogP contribution in [0.1, 0.15) is 57.5 Å². The molecule has 0 aliphatic rings. The van der Waals surface area contributed by atoms with E-state index >= 15 is 0 Å². The highest BCUT2D eigenvalue weighted by Crippen LogP contribution is 2.30. The van der Waals surface area contributed by atoms with Gasteiger partial charge in [0.25, 0.3) is 0 Å². The van der Waals surface area contributed by atoms with Crippen molar-refractivity contribution in [2.45, 2.75) is 59.5 Å². The Hall–Kier alpha value is -0.610. The number of aromatic nitrogens is 1. The van der Waals surface area contributed by atoms with Crippen LogP contribution >= 0.6 is 11.3 Å². The summed E-state index contributed by atoms with van der Waals surface area (Å²) in [6, 6.07) is 0.493. The molecule has 1 N–H and O–H groups in total. The Morgan fingerprint density at radius 1 is 1.28 bits per heavy atom. The second-order valence-electron chi connectivity index (χ2n) is 5.34. The van der Waals surface area contributed by atoms with Crippen molar-refractivity contribution in [1.29, 1.82) is 0 Å². The van der Waals surface area contributed by atoms with E-state index in [0.29, 0.717) is 12.0 Å². The minimum absolute atomic E-state index is 0.493. The number of rotatable bonds is 7. The summed E-state index contributed by atoms with van der Waals surface area (Å²) in [5.74, 6) is 0.494. The molecule has 0 saturated carbocycles. The summed E-state index contributed by atoms with van der Waals surface area (Å²) in [5, 5.41) is 4.62. The fraction of sp³-hybridized carbons (Fsp3) is 0.786. The van der Waals surface area contributed by atoms with Crippen molar-refractivity contribution in [3.05, 3.63) is 10.6 Å². The Balaban J connectivity index is 2.86. The smallest absolute Gasteiger partial charge is 0.185 e. The number of anilines is 1. The highest BCUT2D eigenvalue weighted by molar-refractivity contribution is 7.15. The molecule has 0 aromatic carbocycles. The number of hydrogen-bond donors (Lipinski definition) is 1. The van der Waals surface area contributed by atoms with Crippen LogP contribution in [0.4, 0.5) is 5.13 Å². The summed E-state index contributed by atoms with van der Waals surface area (Å²) in [7, 11) is 2.12. The fourth-order valence-electron chi connectivity index (χ4n) is 1.68. The maximum absolute atomic E-state index is 4.81. The van der Waals surface area contributed by atoms with E-state index in [4.69, 9.17) is 4.98 Å². The summed E-state index contributed by atoms with van der Waals surface area (Å²) in [5.41, 5.74) is 1.26. The Kier molecular flexibility index (Phi) is 6.09. The van der Waals surface area contributed by atoms with E-state index in [1.807, 2.05) is 11.3 Å². The maximum Gasteiger partial charge on any atom is 0.185 e. The van der Waals surface area contributed by atoms with E-state index in [1.54, 1.807) is 0 Å². The van der Waals surface area contributed by atoms with Gasteiger partial charge in [-0.3, -0.25) is 0 Å². The predicted molar refractivity (Wildman–Crippen MR) is 81.7 cm³/mol. The van der Waals surface area contributed by atoms with E-state index in [0.717, 1.165) is 18.2 Å². The van der Waals surface area contributed by atoms with Crippen LogP contribution in [0.25, 0.3) is 0 Å².